The molecule has 1 heterocycles. The maximum Gasteiger partial charge on any atom is 0.260 e. The standard InChI is InChI=1S/C18H26N4O2/c1-11-3-12(2)22(21-11)10-16(23)19-20-17(24)18-7-13-4-14(8-18)6-15(5-13)9-18/h3,13-15H,4-10H2,1-2H3,(H,19,23)(H,20,24). The van der Waals surface area contributed by atoms with Gasteiger partial charge in [-0.3, -0.25) is 25.1 Å². The predicted octanol–water partition coefficient (Wildman–Crippen LogP) is 1.86. The fourth-order valence-electron chi connectivity index (χ4n) is 5.66. The van der Waals surface area contributed by atoms with E-state index >= 15 is 0 Å². The van der Waals surface area contributed by atoms with E-state index in [0.717, 1.165) is 30.7 Å². The van der Waals surface area contributed by atoms with Gasteiger partial charge < -0.3 is 0 Å². The molecule has 4 fully saturated rings. The first-order valence-corrected chi connectivity index (χ1v) is 9.04. The third-order valence-electron chi connectivity index (χ3n) is 6.23. The fourth-order valence-corrected chi connectivity index (χ4v) is 5.66. The first-order chi connectivity index (χ1) is 11.4. The van der Waals surface area contributed by atoms with Crippen molar-refractivity contribution in [2.24, 2.45) is 23.2 Å². The number of hydrogen-bond donors (Lipinski definition) is 2. The van der Waals surface area contributed by atoms with Crippen LogP contribution in [0.25, 0.3) is 0 Å². The quantitative estimate of drug-likeness (QED) is 0.831. The Hall–Kier alpha value is -1.85. The number of amides is 2. The number of nitrogens with one attached hydrogen (secondary N) is 2. The van der Waals surface area contributed by atoms with Crippen LogP contribution in [-0.4, -0.2) is 21.6 Å². The zero-order valence-electron chi connectivity index (χ0n) is 14.5. The number of hydrogen-bond acceptors (Lipinski definition) is 3. The van der Waals surface area contributed by atoms with Gasteiger partial charge in [0.1, 0.15) is 6.54 Å². The van der Waals surface area contributed by atoms with Crippen LogP contribution in [0.4, 0.5) is 0 Å². The SMILES string of the molecule is Cc1cc(C)n(CC(=O)NNC(=O)C23CC4CC(CC(C4)C2)C3)n1. The first-order valence-electron chi connectivity index (χ1n) is 9.04. The molecule has 6 nitrogen and oxygen atoms in total. The van der Waals surface area contributed by atoms with Crippen molar-refractivity contribution in [3.8, 4) is 0 Å². The zero-order chi connectivity index (χ0) is 16.9. The maximum atomic E-state index is 12.8. The van der Waals surface area contributed by atoms with E-state index in [4.69, 9.17) is 0 Å². The molecule has 4 aliphatic rings. The average molecular weight is 330 g/mol. The molecule has 0 saturated heterocycles. The van der Waals surface area contributed by atoms with E-state index in [1.807, 2.05) is 19.9 Å². The Kier molecular flexibility index (Phi) is 3.66. The van der Waals surface area contributed by atoms with E-state index in [9.17, 15) is 9.59 Å². The summed E-state index contributed by atoms with van der Waals surface area (Å²) in [5.41, 5.74) is 6.89. The van der Waals surface area contributed by atoms with Crippen LogP contribution in [0.15, 0.2) is 6.07 Å². The van der Waals surface area contributed by atoms with E-state index in [2.05, 4.69) is 16.0 Å². The van der Waals surface area contributed by atoms with Gasteiger partial charge in [0.15, 0.2) is 0 Å². The smallest absolute Gasteiger partial charge is 0.260 e. The number of carbonyl (C=O) groups is 2. The number of nitrogens with zero attached hydrogens (tertiary/aromatic N) is 2. The van der Waals surface area contributed by atoms with Gasteiger partial charge in [-0.15, -0.1) is 0 Å². The van der Waals surface area contributed by atoms with Crippen molar-refractivity contribution in [2.75, 3.05) is 0 Å². The summed E-state index contributed by atoms with van der Waals surface area (Å²) >= 11 is 0. The van der Waals surface area contributed by atoms with Crippen LogP contribution in [-0.2, 0) is 16.1 Å². The molecule has 4 bridgehead atoms. The van der Waals surface area contributed by atoms with E-state index in [1.165, 1.54) is 19.3 Å². The molecule has 0 unspecified atom stereocenters. The van der Waals surface area contributed by atoms with E-state index < -0.39 is 0 Å². The minimum Gasteiger partial charge on any atom is -0.273 e. The lowest BCUT2D eigenvalue weighted by molar-refractivity contribution is -0.149. The molecular formula is C18H26N4O2. The average Bonchev–Trinajstić information content (AvgIpc) is 2.81. The summed E-state index contributed by atoms with van der Waals surface area (Å²) in [5.74, 6) is 1.93. The molecule has 4 aliphatic carbocycles. The zero-order valence-corrected chi connectivity index (χ0v) is 14.5. The van der Waals surface area contributed by atoms with Gasteiger partial charge in [-0.05, 0) is 76.2 Å². The number of carbonyl (C=O) groups excluding carboxylic acids is 2. The summed E-state index contributed by atoms with van der Waals surface area (Å²) in [6.07, 6.45) is 6.90. The van der Waals surface area contributed by atoms with Crippen LogP contribution in [0.3, 0.4) is 0 Å². The fraction of sp³-hybridized carbons (Fsp3) is 0.722. The van der Waals surface area contributed by atoms with Crippen molar-refractivity contribution in [2.45, 2.75) is 58.9 Å². The van der Waals surface area contributed by atoms with Crippen LogP contribution in [0.2, 0.25) is 0 Å². The molecule has 5 rings (SSSR count). The lowest BCUT2D eigenvalue weighted by Gasteiger charge is -2.55. The summed E-state index contributed by atoms with van der Waals surface area (Å²) in [4.78, 5) is 24.9. The molecule has 2 amide bonds. The number of rotatable bonds is 3. The van der Waals surface area contributed by atoms with Gasteiger partial charge in [-0.2, -0.15) is 5.10 Å². The summed E-state index contributed by atoms with van der Waals surface area (Å²) in [6.45, 7) is 3.94. The molecule has 1 aromatic rings. The third-order valence-corrected chi connectivity index (χ3v) is 6.23. The number of aromatic nitrogens is 2. The highest BCUT2D eigenvalue weighted by molar-refractivity contribution is 5.86. The Morgan fingerprint density at radius 3 is 2.21 bits per heavy atom. The summed E-state index contributed by atoms with van der Waals surface area (Å²) in [5, 5.41) is 4.27. The van der Waals surface area contributed by atoms with Crippen molar-refractivity contribution in [1.82, 2.24) is 20.6 Å². The Morgan fingerprint density at radius 1 is 1.12 bits per heavy atom. The normalized spacial score (nSPS) is 33.5. The third kappa shape index (κ3) is 2.72. The Balaban J connectivity index is 1.35. The van der Waals surface area contributed by atoms with E-state index in [0.29, 0.717) is 17.8 Å². The molecule has 0 aliphatic heterocycles. The number of hydrazine groups is 1. The minimum absolute atomic E-state index is 0.0170. The second-order valence-electron chi connectivity index (χ2n) is 8.28. The van der Waals surface area contributed by atoms with Gasteiger partial charge in [-0.1, -0.05) is 0 Å². The van der Waals surface area contributed by atoms with Crippen molar-refractivity contribution in [3.63, 3.8) is 0 Å². The van der Waals surface area contributed by atoms with Crippen molar-refractivity contribution in [1.29, 1.82) is 0 Å². The highest BCUT2D eigenvalue weighted by atomic mass is 16.2. The first kappa shape index (κ1) is 15.7. The van der Waals surface area contributed by atoms with Gasteiger partial charge in [0.2, 0.25) is 5.91 Å². The van der Waals surface area contributed by atoms with Crippen molar-refractivity contribution in [3.05, 3.63) is 17.5 Å². The summed E-state index contributed by atoms with van der Waals surface area (Å²) in [7, 11) is 0. The van der Waals surface area contributed by atoms with Gasteiger partial charge in [0.25, 0.3) is 5.91 Å². The molecule has 4 saturated carbocycles. The minimum atomic E-state index is -0.237. The molecular weight excluding hydrogens is 304 g/mol. The highest BCUT2D eigenvalue weighted by Gasteiger charge is 2.54. The van der Waals surface area contributed by atoms with Crippen molar-refractivity contribution >= 4 is 11.8 Å². The number of aryl methyl sites for hydroxylation is 2. The Labute approximate surface area is 142 Å². The van der Waals surface area contributed by atoms with E-state index in [-0.39, 0.29) is 23.8 Å². The van der Waals surface area contributed by atoms with Gasteiger partial charge >= 0.3 is 0 Å². The largest absolute Gasteiger partial charge is 0.273 e. The molecule has 0 atom stereocenters. The predicted molar refractivity (Wildman–Crippen MR) is 88.6 cm³/mol. The second kappa shape index (κ2) is 5.60. The van der Waals surface area contributed by atoms with Gasteiger partial charge in [-0.25, -0.2) is 0 Å². The van der Waals surface area contributed by atoms with Gasteiger partial charge in [0.05, 0.1) is 11.1 Å². The molecule has 0 aromatic carbocycles. The van der Waals surface area contributed by atoms with Crippen LogP contribution in [0, 0.1) is 37.0 Å². The lowest BCUT2D eigenvalue weighted by Crippen LogP contribution is -2.57. The molecule has 0 radical (unpaired) electrons. The maximum absolute atomic E-state index is 12.8. The molecule has 6 heteroatoms. The van der Waals surface area contributed by atoms with Crippen molar-refractivity contribution < 1.29 is 9.59 Å². The van der Waals surface area contributed by atoms with Gasteiger partial charge in [0, 0.05) is 5.69 Å². The molecule has 0 spiro atoms. The lowest BCUT2D eigenvalue weighted by atomic mass is 9.49. The van der Waals surface area contributed by atoms with Crippen LogP contribution in [0.5, 0.6) is 0 Å². The Bertz CT molecular complexity index is 643. The second-order valence-corrected chi connectivity index (χ2v) is 8.28. The molecule has 24 heavy (non-hydrogen) atoms. The summed E-state index contributed by atoms with van der Waals surface area (Å²) < 4.78 is 1.65. The molecule has 1 aromatic heterocycles. The highest BCUT2D eigenvalue weighted by Crippen LogP contribution is 2.59. The summed E-state index contributed by atoms with van der Waals surface area (Å²) in [6, 6.07) is 1.93. The van der Waals surface area contributed by atoms with Crippen LogP contribution in [0.1, 0.15) is 49.9 Å². The Morgan fingerprint density at radius 2 is 1.71 bits per heavy atom. The van der Waals surface area contributed by atoms with Crippen LogP contribution < -0.4 is 10.9 Å². The van der Waals surface area contributed by atoms with Crippen LogP contribution >= 0.6 is 0 Å². The van der Waals surface area contributed by atoms with E-state index in [1.54, 1.807) is 4.68 Å². The monoisotopic (exact) mass is 330 g/mol. The molecule has 130 valence electrons. The molecule has 2 N–H and O–H groups in total. The topological polar surface area (TPSA) is 76.0 Å².